The quantitative estimate of drug-likeness (QED) is 0.380. The van der Waals surface area contributed by atoms with Gasteiger partial charge in [0.15, 0.2) is 0 Å². The molecule has 1 heterocycles. The van der Waals surface area contributed by atoms with E-state index in [-0.39, 0.29) is 5.91 Å². The van der Waals surface area contributed by atoms with Gasteiger partial charge in [0.05, 0.1) is 11.0 Å². The lowest BCUT2D eigenvalue weighted by Crippen LogP contribution is -2.24. The van der Waals surface area contributed by atoms with Crippen LogP contribution < -0.4 is 11.1 Å². The average Bonchev–Trinajstić information content (AvgIpc) is 2.92. The fourth-order valence-electron chi connectivity index (χ4n) is 2.37. The summed E-state index contributed by atoms with van der Waals surface area (Å²) in [6, 6.07) is 5.51. The van der Waals surface area contributed by atoms with Gasteiger partial charge in [-0.1, -0.05) is 13.3 Å². The second kappa shape index (κ2) is 11.9. The molecule has 0 radical (unpaired) electrons. The second-order valence-corrected chi connectivity index (χ2v) is 5.28. The summed E-state index contributed by atoms with van der Waals surface area (Å²) in [4.78, 5) is 16.4. The maximum atomic E-state index is 12.1. The van der Waals surface area contributed by atoms with Crippen molar-refractivity contribution in [3.8, 4) is 0 Å². The highest BCUT2D eigenvalue weighted by atomic mass is 128. The summed E-state index contributed by atoms with van der Waals surface area (Å²) >= 11 is 4.24. The fraction of sp³-hybridized carbons (Fsp3) is 0.500. The third kappa shape index (κ3) is 6.03. The number of hydrogen-bond donors (Lipinski definition) is 2. The minimum atomic E-state index is -0.0668. The Bertz CT molecular complexity index is 646. The number of nitrogen functional groups attached to an aromatic ring is 1. The van der Waals surface area contributed by atoms with Gasteiger partial charge in [-0.05, 0) is 31.0 Å². The summed E-state index contributed by atoms with van der Waals surface area (Å²) in [5.74, 6) is 0.400. The first-order valence-electron chi connectivity index (χ1n) is 7.84. The molecule has 0 saturated heterocycles. The van der Waals surface area contributed by atoms with Gasteiger partial charge in [0.2, 0.25) is 5.95 Å². The van der Waals surface area contributed by atoms with E-state index >= 15 is 0 Å². The largest absolute Gasteiger partial charge is 0.385 e. The van der Waals surface area contributed by atoms with Crippen LogP contribution in [0.5, 0.6) is 0 Å². The third-order valence-electron chi connectivity index (χ3n) is 3.59. The Balaban J connectivity index is 0.00000139. The minimum Gasteiger partial charge on any atom is -0.385 e. The zero-order valence-corrected chi connectivity index (χ0v) is 18.3. The Hall–Kier alpha value is -0.620. The zero-order chi connectivity index (χ0) is 17.9. The van der Waals surface area contributed by atoms with Crippen LogP contribution >= 0.6 is 37.2 Å². The molecule has 1 amide bonds. The van der Waals surface area contributed by atoms with Crippen LogP contribution in [-0.4, -0.2) is 35.7 Å². The van der Waals surface area contributed by atoms with Crippen LogP contribution in [0.4, 0.5) is 5.95 Å². The van der Waals surface area contributed by atoms with Crippen molar-refractivity contribution in [2.45, 2.75) is 32.7 Å². The molecular formula is C16H24I2N4O2. The van der Waals surface area contributed by atoms with Gasteiger partial charge in [-0.25, -0.2) is 4.98 Å². The van der Waals surface area contributed by atoms with Crippen molar-refractivity contribution < 1.29 is 9.53 Å². The molecule has 0 fully saturated rings. The van der Waals surface area contributed by atoms with Crippen LogP contribution in [0.2, 0.25) is 0 Å². The van der Waals surface area contributed by atoms with E-state index < -0.39 is 0 Å². The number of halogens is 2. The molecule has 3 N–H and O–H groups in total. The van der Waals surface area contributed by atoms with E-state index in [2.05, 4.69) is 54.5 Å². The number of ether oxygens (including phenoxy) is 1. The summed E-state index contributed by atoms with van der Waals surface area (Å²) < 4.78 is 7.01. The molecule has 0 aliphatic carbocycles. The molecule has 1 aromatic carbocycles. The van der Waals surface area contributed by atoms with E-state index in [0.717, 1.165) is 36.8 Å². The van der Waals surface area contributed by atoms with E-state index in [4.69, 9.17) is 10.5 Å². The smallest absolute Gasteiger partial charge is 0.251 e. The Morgan fingerprint density at radius 1 is 1.38 bits per heavy atom. The lowest BCUT2D eigenvalue weighted by Gasteiger charge is -2.07. The highest BCUT2D eigenvalue weighted by Crippen LogP contribution is 2.20. The molecule has 6 nitrogen and oxygen atoms in total. The standard InChI is InChI=1S/C16H24N4O2.I2/c1-3-4-8-18-15(21)12-6-7-14-13(11-12)19-16(17)20(14)9-5-10-22-2;1-2/h6-7,11H,3-5,8-10H2,1-2H3,(H2,17,19)(H,18,21);. The highest BCUT2D eigenvalue weighted by molar-refractivity contribution is 15.0. The van der Waals surface area contributed by atoms with Crippen LogP contribution in [0.3, 0.4) is 0 Å². The molecule has 2 rings (SSSR count). The molecule has 1 aromatic heterocycles. The molecule has 0 spiro atoms. The van der Waals surface area contributed by atoms with Gasteiger partial charge >= 0.3 is 0 Å². The number of rotatable bonds is 8. The predicted molar refractivity (Wildman–Crippen MR) is 116 cm³/mol. The second-order valence-electron chi connectivity index (χ2n) is 5.28. The number of nitrogens with one attached hydrogen (secondary N) is 1. The number of aromatic nitrogens is 2. The van der Waals surface area contributed by atoms with E-state index in [1.807, 2.05) is 16.7 Å². The van der Waals surface area contributed by atoms with Crippen molar-refractivity contribution in [3.05, 3.63) is 23.8 Å². The average molecular weight is 558 g/mol. The molecule has 0 aliphatic heterocycles. The Labute approximate surface area is 166 Å². The number of nitrogens with zero attached hydrogens (tertiary/aromatic N) is 2. The van der Waals surface area contributed by atoms with Gasteiger partial charge in [-0.3, -0.25) is 4.79 Å². The Morgan fingerprint density at radius 2 is 2.12 bits per heavy atom. The maximum absolute atomic E-state index is 12.1. The summed E-state index contributed by atoms with van der Waals surface area (Å²) in [6.07, 6.45) is 2.90. The first-order chi connectivity index (χ1) is 11.7. The number of aryl methyl sites for hydroxylation is 1. The van der Waals surface area contributed by atoms with E-state index in [0.29, 0.717) is 24.7 Å². The van der Waals surface area contributed by atoms with Gasteiger partial charge in [-0.2, -0.15) is 0 Å². The number of benzene rings is 1. The summed E-state index contributed by atoms with van der Waals surface area (Å²) in [5.41, 5.74) is 8.28. The van der Waals surface area contributed by atoms with Gasteiger partial charge in [-0.15, -0.1) is 0 Å². The zero-order valence-electron chi connectivity index (χ0n) is 14.0. The SMILES string of the molecule is CCCCNC(=O)c1ccc2c(c1)nc(N)n2CCCOC.II. The topological polar surface area (TPSA) is 82.2 Å². The van der Waals surface area contributed by atoms with Crippen LogP contribution in [-0.2, 0) is 11.3 Å². The molecule has 0 saturated carbocycles. The number of imidazole rings is 1. The number of carbonyl (C=O) groups is 1. The first kappa shape index (κ1) is 21.4. The van der Waals surface area contributed by atoms with Crippen LogP contribution in [0.1, 0.15) is 36.5 Å². The molecule has 24 heavy (non-hydrogen) atoms. The van der Waals surface area contributed by atoms with Gasteiger partial charge < -0.3 is 20.4 Å². The molecule has 0 unspecified atom stereocenters. The van der Waals surface area contributed by atoms with Gasteiger partial charge in [0.1, 0.15) is 0 Å². The summed E-state index contributed by atoms with van der Waals surface area (Å²) in [5, 5.41) is 2.91. The predicted octanol–water partition coefficient (Wildman–Crippen LogP) is 3.96. The Morgan fingerprint density at radius 3 is 2.79 bits per heavy atom. The number of amides is 1. The third-order valence-corrected chi connectivity index (χ3v) is 3.59. The summed E-state index contributed by atoms with van der Waals surface area (Å²) in [6.45, 7) is 4.22. The molecule has 0 atom stereocenters. The van der Waals surface area contributed by atoms with Crippen molar-refractivity contribution in [1.82, 2.24) is 14.9 Å². The number of unbranched alkanes of at least 4 members (excludes halogenated alkanes) is 1. The monoisotopic (exact) mass is 558 g/mol. The minimum absolute atomic E-state index is 0.0668. The van der Waals surface area contributed by atoms with Crippen molar-refractivity contribution >= 4 is 60.1 Å². The van der Waals surface area contributed by atoms with Gasteiger partial charge in [0, 0.05) is 69.6 Å². The normalized spacial score (nSPS) is 10.3. The van der Waals surface area contributed by atoms with E-state index in [1.165, 1.54) is 0 Å². The molecule has 2 aromatic rings. The highest BCUT2D eigenvalue weighted by Gasteiger charge is 2.11. The Kier molecular flexibility index (Phi) is 10.6. The van der Waals surface area contributed by atoms with Crippen LogP contribution in [0, 0.1) is 0 Å². The lowest BCUT2D eigenvalue weighted by atomic mass is 10.2. The number of hydrogen-bond acceptors (Lipinski definition) is 4. The lowest BCUT2D eigenvalue weighted by molar-refractivity contribution is 0.0953. The van der Waals surface area contributed by atoms with Crippen molar-refractivity contribution in [1.29, 1.82) is 0 Å². The molecular weight excluding hydrogens is 534 g/mol. The van der Waals surface area contributed by atoms with Gasteiger partial charge in [0.25, 0.3) is 5.91 Å². The summed E-state index contributed by atoms with van der Waals surface area (Å²) in [7, 11) is 1.68. The van der Waals surface area contributed by atoms with Crippen LogP contribution in [0.15, 0.2) is 18.2 Å². The number of methoxy groups -OCH3 is 1. The number of fused-ring (bicyclic) bond motifs is 1. The molecule has 0 aliphatic rings. The van der Waals surface area contributed by atoms with Crippen molar-refractivity contribution in [3.63, 3.8) is 0 Å². The van der Waals surface area contributed by atoms with Crippen molar-refractivity contribution in [2.24, 2.45) is 0 Å². The fourth-order valence-corrected chi connectivity index (χ4v) is 2.37. The molecule has 0 bridgehead atoms. The van der Waals surface area contributed by atoms with Crippen LogP contribution in [0.25, 0.3) is 11.0 Å². The van der Waals surface area contributed by atoms with Crippen molar-refractivity contribution in [2.75, 3.05) is 26.0 Å². The maximum Gasteiger partial charge on any atom is 0.251 e. The molecule has 8 heteroatoms. The first-order valence-corrected chi connectivity index (χ1v) is 14.1. The number of carbonyl (C=O) groups excluding carboxylic acids is 1. The number of anilines is 1. The van der Waals surface area contributed by atoms with E-state index in [1.54, 1.807) is 13.2 Å². The molecule has 134 valence electrons. The number of nitrogens with two attached hydrogens (primary N) is 1. The van der Waals surface area contributed by atoms with E-state index in [9.17, 15) is 4.79 Å².